The second-order valence-corrected chi connectivity index (χ2v) is 10.6. The number of nitrogens with zero attached hydrogens (tertiary/aromatic N) is 7. The summed E-state index contributed by atoms with van der Waals surface area (Å²) in [6.07, 6.45) is 6.06. The average Bonchev–Trinajstić information content (AvgIpc) is 3.62. The minimum atomic E-state index is 0.377. The Morgan fingerprint density at radius 2 is 1.75 bits per heavy atom. The van der Waals surface area contributed by atoms with Gasteiger partial charge >= 0.3 is 0 Å². The summed E-state index contributed by atoms with van der Waals surface area (Å²) in [5, 5.41) is 11.9. The summed E-state index contributed by atoms with van der Waals surface area (Å²) < 4.78 is 1.59. The molecule has 36 heavy (non-hydrogen) atoms. The summed E-state index contributed by atoms with van der Waals surface area (Å²) in [6.45, 7) is 6.49. The number of nitrogens with one attached hydrogen (secondary N) is 2. The van der Waals surface area contributed by atoms with Crippen molar-refractivity contribution >= 4 is 51.9 Å². The van der Waals surface area contributed by atoms with Gasteiger partial charge in [0.15, 0.2) is 11.5 Å². The number of anilines is 6. The van der Waals surface area contributed by atoms with Gasteiger partial charge < -0.3 is 31.9 Å². The van der Waals surface area contributed by atoms with Crippen LogP contribution in [0.4, 0.5) is 34.6 Å². The maximum atomic E-state index is 6.94. The zero-order valence-electron chi connectivity index (χ0n) is 20.6. The molecule has 3 aromatic rings. The smallest absolute Gasteiger partial charge is 0.247 e. The number of likely N-dealkylation sites (N-methyl/N-ethyl adjacent to an activating group) is 1. The molecule has 3 fully saturated rings. The van der Waals surface area contributed by atoms with E-state index in [4.69, 9.17) is 23.1 Å². The predicted octanol–water partition coefficient (Wildman–Crippen LogP) is 2.48. The molecule has 2 aromatic heterocycles. The van der Waals surface area contributed by atoms with Crippen molar-refractivity contribution in [3.05, 3.63) is 23.4 Å². The minimum Gasteiger partial charge on any atom is -0.399 e. The Balaban J connectivity index is 1.21. The summed E-state index contributed by atoms with van der Waals surface area (Å²) in [5.74, 6) is 1.47. The molecule has 0 spiro atoms. The van der Waals surface area contributed by atoms with Gasteiger partial charge in [0.25, 0.3) is 0 Å². The van der Waals surface area contributed by atoms with Gasteiger partial charge in [-0.1, -0.05) is 11.6 Å². The monoisotopic (exact) mass is 511 g/mol. The number of piperidine rings is 1. The summed E-state index contributed by atoms with van der Waals surface area (Å²) in [6, 6.07) is 4.82. The van der Waals surface area contributed by atoms with Crippen molar-refractivity contribution in [2.24, 2.45) is 0 Å². The van der Waals surface area contributed by atoms with Crippen LogP contribution in [0.15, 0.2) is 18.3 Å². The molecule has 12 heteroatoms. The number of rotatable bonds is 6. The third-order valence-electron chi connectivity index (χ3n) is 7.49. The molecule has 2 aliphatic heterocycles. The molecule has 0 amide bonds. The van der Waals surface area contributed by atoms with E-state index in [1.165, 1.54) is 0 Å². The molecule has 4 heterocycles. The van der Waals surface area contributed by atoms with Crippen LogP contribution in [0.5, 0.6) is 0 Å². The lowest BCUT2D eigenvalue weighted by Crippen LogP contribution is -2.52. The SMILES string of the molecule is CN1CCN(C2CCN(c3cc(N)cc(Nc4nc(NC5CC5)c5ncc(N)n5n4)c3Cl)CC2)CC1. The number of nitrogens with two attached hydrogens (primary N) is 2. The van der Waals surface area contributed by atoms with E-state index in [1.54, 1.807) is 10.7 Å². The first-order valence-electron chi connectivity index (χ1n) is 12.8. The fourth-order valence-corrected chi connectivity index (χ4v) is 5.48. The lowest BCUT2D eigenvalue weighted by molar-refractivity contribution is 0.0982. The molecule has 1 aliphatic carbocycles. The fraction of sp³-hybridized carbons (Fsp3) is 0.542. The van der Waals surface area contributed by atoms with Crippen LogP contribution in [0, 0.1) is 0 Å². The van der Waals surface area contributed by atoms with Crippen molar-refractivity contribution in [2.75, 3.05) is 73.3 Å². The number of piperazine rings is 1. The largest absolute Gasteiger partial charge is 0.399 e. The standard InChI is InChI=1S/C24H34ClN11/c1-33-8-10-34(11-9-33)17-4-6-35(7-5-17)19-13-15(26)12-18(21(19)25)30-24-31-22(29-16-2-3-16)23-28-14-20(27)36(23)32-24/h12-14,16-17H,2-11,26-27H2,1H3,(H2,29,30,31,32). The maximum absolute atomic E-state index is 6.94. The third kappa shape index (κ3) is 4.70. The maximum Gasteiger partial charge on any atom is 0.247 e. The van der Waals surface area contributed by atoms with Crippen molar-refractivity contribution in [2.45, 2.75) is 37.8 Å². The van der Waals surface area contributed by atoms with Gasteiger partial charge in [-0.25, -0.2) is 4.98 Å². The highest BCUT2D eigenvalue weighted by molar-refractivity contribution is 6.36. The molecular formula is C24H34ClN11. The molecule has 1 saturated carbocycles. The number of hydrogen-bond acceptors (Lipinski definition) is 10. The summed E-state index contributed by atoms with van der Waals surface area (Å²) >= 11 is 6.94. The van der Waals surface area contributed by atoms with Gasteiger partial charge in [0.1, 0.15) is 5.82 Å². The van der Waals surface area contributed by atoms with E-state index >= 15 is 0 Å². The number of aromatic nitrogens is 4. The first-order chi connectivity index (χ1) is 17.4. The molecule has 1 aromatic carbocycles. The Hall–Kier alpha value is -3.02. The normalized spacial score (nSPS) is 20.2. The van der Waals surface area contributed by atoms with E-state index in [0.29, 0.717) is 51.7 Å². The molecule has 0 unspecified atom stereocenters. The van der Waals surface area contributed by atoms with Gasteiger partial charge in [-0.2, -0.15) is 9.50 Å². The van der Waals surface area contributed by atoms with Crippen LogP contribution in [0.3, 0.4) is 0 Å². The lowest BCUT2D eigenvalue weighted by atomic mass is 10.0. The van der Waals surface area contributed by atoms with Crippen LogP contribution < -0.4 is 27.0 Å². The number of halogens is 1. The van der Waals surface area contributed by atoms with Crippen LogP contribution in [0.1, 0.15) is 25.7 Å². The van der Waals surface area contributed by atoms with Crippen molar-refractivity contribution in [1.82, 2.24) is 29.4 Å². The molecule has 3 aliphatic rings. The Bertz CT molecular complexity index is 1240. The Morgan fingerprint density at radius 3 is 2.47 bits per heavy atom. The van der Waals surface area contributed by atoms with Gasteiger partial charge in [0.2, 0.25) is 5.95 Å². The van der Waals surface area contributed by atoms with Gasteiger partial charge in [-0.05, 0) is 44.9 Å². The molecule has 6 rings (SSSR count). The lowest BCUT2D eigenvalue weighted by Gasteiger charge is -2.42. The van der Waals surface area contributed by atoms with Crippen molar-refractivity contribution < 1.29 is 0 Å². The van der Waals surface area contributed by atoms with E-state index in [0.717, 1.165) is 70.6 Å². The van der Waals surface area contributed by atoms with Gasteiger partial charge in [0, 0.05) is 57.0 Å². The molecular weight excluding hydrogens is 478 g/mol. The van der Waals surface area contributed by atoms with E-state index in [1.807, 2.05) is 12.1 Å². The summed E-state index contributed by atoms with van der Waals surface area (Å²) in [4.78, 5) is 16.4. The fourth-order valence-electron chi connectivity index (χ4n) is 5.20. The van der Waals surface area contributed by atoms with Crippen LogP contribution in [0.2, 0.25) is 5.02 Å². The number of hydrogen-bond donors (Lipinski definition) is 4. The van der Waals surface area contributed by atoms with Gasteiger partial charge in [-0.3, -0.25) is 4.90 Å². The third-order valence-corrected chi connectivity index (χ3v) is 7.89. The highest BCUT2D eigenvalue weighted by Gasteiger charge is 2.28. The topological polar surface area (TPSA) is 129 Å². The van der Waals surface area contributed by atoms with Crippen molar-refractivity contribution in [3.8, 4) is 0 Å². The second kappa shape index (κ2) is 9.45. The van der Waals surface area contributed by atoms with E-state index in [-0.39, 0.29) is 0 Å². The molecule has 0 radical (unpaired) electrons. The molecule has 0 atom stereocenters. The predicted molar refractivity (Wildman–Crippen MR) is 145 cm³/mol. The van der Waals surface area contributed by atoms with E-state index in [9.17, 15) is 0 Å². The molecule has 0 bridgehead atoms. The number of imidazole rings is 1. The molecule has 192 valence electrons. The Labute approximate surface area is 215 Å². The molecule has 2 saturated heterocycles. The van der Waals surface area contributed by atoms with Gasteiger partial charge in [0.05, 0.1) is 22.6 Å². The van der Waals surface area contributed by atoms with E-state index in [2.05, 4.69) is 47.4 Å². The van der Waals surface area contributed by atoms with Crippen molar-refractivity contribution in [3.63, 3.8) is 0 Å². The molecule has 6 N–H and O–H groups in total. The van der Waals surface area contributed by atoms with E-state index < -0.39 is 0 Å². The summed E-state index contributed by atoms with van der Waals surface area (Å²) in [7, 11) is 2.20. The Morgan fingerprint density at radius 1 is 1.00 bits per heavy atom. The average molecular weight is 512 g/mol. The summed E-state index contributed by atoms with van der Waals surface area (Å²) in [5.41, 5.74) is 15.3. The first-order valence-corrected chi connectivity index (χ1v) is 13.1. The number of nitrogen functional groups attached to an aromatic ring is 2. The zero-order valence-corrected chi connectivity index (χ0v) is 21.4. The van der Waals surface area contributed by atoms with Crippen LogP contribution >= 0.6 is 11.6 Å². The Kier molecular flexibility index (Phi) is 6.14. The zero-order chi connectivity index (χ0) is 24.8. The number of benzene rings is 1. The second-order valence-electron chi connectivity index (χ2n) is 10.2. The first kappa shape index (κ1) is 23.4. The van der Waals surface area contributed by atoms with Crippen molar-refractivity contribution in [1.29, 1.82) is 0 Å². The highest BCUT2D eigenvalue weighted by atomic mass is 35.5. The quantitative estimate of drug-likeness (QED) is 0.366. The molecule has 11 nitrogen and oxygen atoms in total. The van der Waals surface area contributed by atoms with Crippen LogP contribution in [0.25, 0.3) is 5.65 Å². The van der Waals surface area contributed by atoms with Crippen LogP contribution in [-0.4, -0.2) is 87.8 Å². The number of fused-ring (bicyclic) bond motifs is 1. The minimum absolute atomic E-state index is 0.377. The highest BCUT2D eigenvalue weighted by Crippen LogP contribution is 2.38. The van der Waals surface area contributed by atoms with Gasteiger partial charge in [-0.15, -0.1) is 5.10 Å². The van der Waals surface area contributed by atoms with Crippen LogP contribution in [-0.2, 0) is 0 Å².